The van der Waals surface area contributed by atoms with Crippen molar-refractivity contribution in [2.24, 2.45) is 0 Å². The van der Waals surface area contributed by atoms with Gasteiger partial charge < -0.3 is 10.6 Å². The topological polar surface area (TPSA) is 49.8 Å². The molecule has 2 N–H and O–H groups in total. The van der Waals surface area contributed by atoms with Crippen molar-refractivity contribution in [2.75, 3.05) is 42.0 Å². The third kappa shape index (κ3) is 6.92. The van der Waals surface area contributed by atoms with Crippen molar-refractivity contribution in [3.05, 3.63) is 6.07 Å². The Hall–Kier alpha value is -0.620. The van der Waals surface area contributed by atoms with E-state index in [1.165, 1.54) is 18.6 Å². The summed E-state index contributed by atoms with van der Waals surface area (Å²) < 4.78 is 0. The number of nitrogens with one attached hydrogen (secondary N) is 2. The van der Waals surface area contributed by atoms with E-state index in [2.05, 4.69) is 33.8 Å². The molecule has 0 aliphatic carbocycles. The van der Waals surface area contributed by atoms with Gasteiger partial charge in [-0.25, -0.2) is 9.97 Å². The van der Waals surface area contributed by atoms with Crippen molar-refractivity contribution in [3.63, 3.8) is 0 Å². The first-order valence-corrected chi connectivity index (χ1v) is 9.31. The van der Waals surface area contributed by atoms with Gasteiger partial charge in [0.2, 0.25) is 0 Å². The van der Waals surface area contributed by atoms with E-state index < -0.39 is 0 Å². The van der Waals surface area contributed by atoms with Crippen molar-refractivity contribution < 1.29 is 0 Å². The second-order valence-electron chi connectivity index (χ2n) is 4.18. The van der Waals surface area contributed by atoms with Gasteiger partial charge in [-0.2, -0.15) is 11.8 Å². The SMILES string of the molecule is CCCNc1cc(NCCCCSC)nc(SC)n1. The highest BCUT2D eigenvalue weighted by Gasteiger charge is 2.03. The number of nitrogens with zero attached hydrogens (tertiary/aromatic N) is 2. The smallest absolute Gasteiger partial charge is 0.191 e. The van der Waals surface area contributed by atoms with Crippen molar-refractivity contribution >= 4 is 35.2 Å². The van der Waals surface area contributed by atoms with Crippen LogP contribution in [0.15, 0.2) is 11.2 Å². The maximum atomic E-state index is 4.47. The first-order chi connectivity index (χ1) is 9.30. The summed E-state index contributed by atoms with van der Waals surface area (Å²) >= 11 is 3.47. The normalized spacial score (nSPS) is 10.5. The molecule has 19 heavy (non-hydrogen) atoms. The van der Waals surface area contributed by atoms with Gasteiger partial charge in [-0.3, -0.25) is 0 Å². The lowest BCUT2D eigenvalue weighted by atomic mass is 10.3. The average Bonchev–Trinajstić information content (AvgIpc) is 2.44. The number of rotatable bonds is 10. The Morgan fingerprint density at radius 2 is 1.74 bits per heavy atom. The average molecular weight is 300 g/mol. The van der Waals surface area contributed by atoms with E-state index in [1.54, 1.807) is 11.8 Å². The Balaban J connectivity index is 2.50. The maximum Gasteiger partial charge on any atom is 0.191 e. The van der Waals surface area contributed by atoms with Gasteiger partial charge in [-0.15, -0.1) is 0 Å². The van der Waals surface area contributed by atoms with E-state index in [9.17, 15) is 0 Å². The fourth-order valence-corrected chi connectivity index (χ4v) is 2.41. The zero-order valence-electron chi connectivity index (χ0n) is 12.0. The minimum absolute atomic E-state index is 0.813. The monoisotopic (exact) mass is 300 g/mol. The van der Waals surface area contributed by atoms with Crippen molar-refractivity contribution in [2.45, 2.75) is 31.3 Å². The molecular formula is C13H24N4S2. The predicted octanol–water partition coefficient (Wildman–Crippen LogP) is 3.58. The molecule has 1 aromatic heterocycles. The van der Waals surface area contributed by atoms with Gasteiger partial charge >= 0.3 is 0 Å². The van der Waals surface area contributed by atoms with E-state index in [4.69, 9.17) is 0 Å². The van der Waals surface area contributed by atoms with Crippen LogP contribution < -0.4 is 10.6 Å². The van der Waals surface area contributed by atoms with Gasteiger partial charge in [0.15, 0.2) is 5.16 Å². The van der Waals surface area contributed by atoms with Crippen molar-refractivity contribution in [1.29, 1.82) is 0 Å². The number of anilines is 2. The van der Waals surface area contributed by atoms with Gasteiger partial charge in [0.05, 0.1) is 0 Å². The van der Waals surface area contributed by atoms with Gasteiger partial charge in [-0.05, 0) is 37.5 Å². The summed E-state index contributed by atoms with van der Waals surface area (Å²) in [6, 6.07) is 1.99. The number of hydrogen-bond acceptors (Lipinski definition) is 6. The Labute approximate surface area is 125 Å². The summed E-state index contributed by atoms with van der Waals surface area (Å²) in [5.74, 6) is 3.06. The van der Waals surface area contributed by atoms with Crippen LogP contribution in [0.3, 0.4) is 0 Å². The highest BCUT2D eigenvalue weighted by atomic mass is 32.2. The molecule has 0 aliphatic heterocycles. The van der Waals surface area contributed by atoms with Crippen LogP contribution in [0.1, 0.15) is 26.2 Å². The fraction of sp³-hybridized carbons (Fsp3) is 0.692. The molecule has 0 saturated carbocycles. The molecule has 0 amide bonds. The number of hydrogen-bond donors (Lipinski definition) is 2. The standard InChI is InChI=1S/C13H24N4S2/c1-4-7-14-11-10-12(17-13(16-11)19-3)15-8-5-6-9-18-2/h10H,4-9H2,1-3H3,(H2,14,15,16,17). The Morgan fingerprint density at radius 3 is 2.32 bits per heavy atom. The molecule has 0 radical (unpaired) electrons. The van der Waals surface area contributed by atoms with Crippen LogP contribution in [0.5, 0.6) is 0 Å². The summed E-state index contributed by atoms with van der Waals surface area (Å²) in [6.07, 6.45) is 7.66. The lowest BCUT2D eigenvalue weighted by molar-refractivity contribution is 0.833. The molecule has 0 unspecified atom stereocenters. The van der Waals surface area contributed by atoms with Gasteiger partial charge in [0.1, 0.15) is 11.6 Å². The van der Waals surface area contributed by atoms with Crippen LogP contribution in [0.4, 0.5) is 11.6 Å². The summed E-state index contributed by atoms with van der Waals surface area (Å²) in [7, 11) is 0. The Morgan fingerprint density at radius 1 is 1.05 bits per heavy atom. The quantitative estimate of drug-likeness (QED) is 0.391. The molecule has 108 valence electrons. The molecule has 1 heterocycles. The van der Waals surface area contributed by atoms with Gasteiger partial charge in [-0.1, -0.05) is 18.7 Å². The van der Waals surface area contributed by atoms with E-state index in [-0.39, 0.29) is 0 Å². The summed E-state index contributed by atoms with van der Waals surface area (Å²) in [5.41, 5.74) is 0. The summed E-state index contributed by atoms with van der Waals surface area (Å²) in [6.45, 7) is 4.06. The third-order valence-corrected chi connectivity index (χ3v) is 3.77. The second kappa shape index (κ2) is 10.2. The number of unbranched alkanes of at least 4 members (excludes halogenated alkanes) is 1. The number of thioether (sulfide) groups is 2. The zero-order valence-corrected chi connectivity index (χ0v) is 13.7. The van der Waals surface area contributed by atoms with Gasteiger partial charge in [0, 0.05) is 19.2 Å². The molecule has 0 fully saturated rings. The van der Waals surface area contributed by atoms with Crippen LogP contribution in [0, 0.1) is 0 Å². The molecule has 0 saturated heterocycles. The number of aromatic nitrogens is 2. The highest BCUT2D eigenvalue weighted by molar-refractivity contribution is 7.98. The van der Waals surface area contributed by atoms with Crippen molar-refractivity contribution in [3.8, 4) is 0 Å². The molecule has 0 spiro atoms. The van der Waals surface area contributed by atoms with E-state index >= 15 is 0 Å². The first kappa shape index (κ1) is 16.4. The van der Waals surface area contributed by atoms with E-state index in [0.29, 0.717) is 0 Å². The molecule has 1 rings (SSSR count). The highest BCUT2D eigenvalue weighted by Crippen LogP contribution is 2.17. The minimum Gasteiger partial charge on any atom is -0.370 e. The largest absolute Gasteiger partial charge is 0.370 e. The molecule has 0 aromatic carbocycles. The van der Waals surface area contributed by atoms with Crippen LogP contribution in [0.25, 0.3) is 0 Å². The third-order valence-electron chi connectivity index (χ3n) is 2.53. The second-order valence-corrected chi connectivity index (χ2v) is 5.94. The predicted molar refractivity (Wildman–Crippen MR) is 88.7 cm³/mol. The van der Waals surface area contributed by atoms with E-state index in [1.807, 2.05) is 24.1 Å². The first-order valence-electron chi connectivity index (χ1n) is 6.70. The van der Waals surface area contributed by atoms with Crippen LogP contribution >= 0.6 is 23.5 Å². The molecular weight excluding hydrogens is 276 g/mol. The molecule has 6 heteroatoms. The van der Waals surface area contributed by atoms with Crippen molar-refractivity contribution in [1.82, 2.24) is 9.97 Å². The molecule has 0 atom stereocenters. The van der Waals surface area contributed by atoms with Crippen LogP contribution in [0.2, 0.25) is 0 Å². The molecule has 4 nitrogen and oxygen atoms in total. The molecule has 0 aliphatic rings. The van der Waals surface area contributed by atoms with Crippen LogP contribution in [-0.4, -0.2) is 41.3 Å². The van der Waals surface area contributed by atoms with Crippen LogP contribution in [-0.2, 0) is 0 Å². The van der Waals surface area contributed by atoms with Gasteiger partial charge in [0.25, 0.3) is 0 Å². The zero-order chi connectivity index (χ0) is 13.9. The summed E-state index contributed by atoms with van der Waals surface area (Å²) in [5, 5.41) is 7.51. The lowest BCUT2D eigenvalue weighted by Gasteiger charge is -2.10. The summed E-state index contributed by atoms with van der Waals surface area (Å²) in [4.78, 5) is 8.92. The Kier molecular flexibility index (Phi) is 8.82. The molecule has 0 bridgehead atoms. The maximum absolute atomic E-state index is 4.47. The molecule has 1 aromatic rings. The minimum atomic E-state index is 0.813. The Bertz CT molecular complexity index is 360. The lowest BCUT2D eigenvalue weighted by Crippen LogP contribution is -2.08. The fourth-order valence-electron chi connectivity index (χ4n) is 1.54. The van der Waals surface area contributed by atoms with E-state index in [0.717, 1.165) is 36.3 Å².